The molecule has 2 saturated heterocycles. The van der Waals surface area contributed by atoms with Gasteiger partial charge in [0.05, 0.1) is 0 Å². The van der Waals surface area contributed by atoms with Crippen molar-refractivity contribution < 1.29 is 9.53 Å². The Morgan fingerprint density at radius 2 is 1.77 bits per heavy atom. The molecule has 0 N–H and O–H groups in total. The van der Waals surface area contributed by atoms with Gasteiger partial charge < -0.3 is 9.64 Å². The van der Waals surface area contributed by atoms with Gasteiger partial charge in [-0.1, -0.05) is 23.8 Å². The van der Waals surface area contributed by atoms with Gasteiger partial charge in [-0.05, 0) is 82.1 Å². The van der Waals surface area contributed by atoms with Crippen molar-refractivity contribution in [3.05, 3.63) is 53.6 Å². The van der Waals surface area contributed by atoms with Crippen LogP contribution in [0.25, 0.3) is 0 Å². The van der Waals surface area contributed by atoms with Crippen LogP contribution in [0.3, 0.4) is 0 Å². The number of hydrogen-bond donors (Lipinski definition) is 0. The second-order valence-corrected chi connectivity index (χ2v) is 9.30. The SMILES string of the molecule is C=C(C)[C@@H]1CC=C(CN2CCC(Oc3ccc(C(=O)N4CCCC4)cc3)CC2)CC1. The summed E-state index contributed by atoms with van der Waals surface area (Å²) in [6.07, 6.45) is 10.8. The highest BCUT2D eigenvalue weighted by molar-refractivity contribution is 5.94. The number of carbonyl (C=O) groups excluding carboxylic acids is 1. The molecule has 0 aromatic heterocycles. The zero-order chi connectivity index (χ0) is 20.9. The molecule has 2 aliphatic heterocycles. The first kappa shape index (κ1) is 21.2. The Bertz CT molecular complexity index is 769. The molecule has 0 bridgehead atoms. The number of likely N-dealkylation sites (tertiary alicyclic amines) is 2. The number of piperidine rings is 1. The molecule has 162 valence electrons. The first-order valence-corrected chi connectivity index (χ1v) is 11.7. The number of ether oxygens (including phenoxy) is 1. The van der Waals surface area contributed by atoms with Crippen molar-refractivity contribution in [3.8, 4) is 5.75 Å². The predicted molar refractivity (Wildman–Crippen MR) is 122 cm³/mol. The lowest BCUT2D eigenvalue weighted by molar-refractivity contribution is 0.0792. The molecule has 30 heavy (non-hydrogen) atoms. The van der Waals surface area contributed by atoms with Gasteiger partial charge in [-0.3, -0.25) is 9.69 Å². The van der Waals surface area contributed by atoms with E-state index >= 15 is 0 Å². The molecule has 0 radical (unpaired) electrons. The van der Waals surface area contributed by atoms with E-state index in [0.717, 1.165) is 69.7 Å². The maximum atomic E-state index is 12.5. The zero-order valence-corrected chi connectivity index (χ0v) is 18.4. The van der Waals surface area contributed by atoms with E-state index in [-0.39, 0.29) is 12.0 Å². The molecule has 1 aliphatic carbocycles. The van der Waals surface area contributed by atoms with E-state index in [2.05, 4.69) is 24.5 Å². The highest BCUT2D eigenvalue weighted by atomic mass is 16.5. The predicted octanol–water partition coefficient (Wildman–Crippen LogP) is 5.07. The molecule has 4 nitrogen and oxygen atoms in total. The van der Waals surface area contributed by atoms with Crippen LogP contribution in [-0.4, -0.2) is 54.5 Å². The Balaban J connectivity index is 1.21. The van der Waals surface area contributed by atoms with E-state index in [9.17, 15) is 4.79 Å². The van der Waals surface area contributed by atoms with E-state index in [1.165, 1.54) is 24.8 Å². The number of benzene rings is 1. The molecular formula is C26H36N2O2. The summed E-state index contributed by atoms with van der Waals surface area (Å²) in [4.78, 5) is 17.0. The molecule has 4 heteroatoms. The average molecular weight is 409 g/mol. The largest absolute Gasteiger partial charge is 0.490 e. The normalized spacial score (nSPS) is 23.3. The molecule has 1 atom stereocenters. The molecule has 1 amide bonds. The summed E-state index contributed by atoms with van der Waals surface area (Å²) < 4.78 is 6.22. The molecule has 2 heterocycles. The molecular weight excluding hydrogens is 372 g/mol. The standard InChI is InChI=1S/C26H36N2O2/c1-20(2)22-7-5-21(6-8-22)19-27-17-13-25(14-18-27)30-24-11-9-23(10-12-24)26(29)28-15-3-4-16-28/h5,9-12,22,25H,1,3-4,6-8,13-19H2,2H3/t22-/m1/s1. The summed E-state index contributed by atoms with van der Waals surface area (Å²) in [6.45, 7) is 11.4. The fourth-order valence-electron chi connectivity index (χ4n) is 4.92. The number of allylic oxidation sites excluding steroid dienone is 2. The topological polar surface area (TPSA) is 32.8 Å². The lowest BCUT2D eigenvalue weighted by atomic mass is 9.85. The van der Waals surface area contributed by atoms with Gasteiger partial charge in [0.2, 0.25) is 0 Å². The minimum Gasteiger partial charge on any atom is -0.490 e. The Morgan fingerprint density at radius 1 is 1.07 bits per heavy atom. The number of nitrogens with zero attached hydrogens (tertiary/aromatic N) is 2. The summed E-state index contributed by atoms with van der Waals surface area (Å²) in [5, 5.41) is 0. The molecule has 0 spiro atoms. The van der Waals surface area contributed by atoms with Crippen LogP contribution in [-0.2, 0) is 0 Å². The third-order valence-electron chi connectivity index (χ3n) is 6.96. The minimum atomic E-state index is 0.152. The molecule has 1 aromatic rings. The van der Waals surface area contributed by atoms with Crippen LogP contribution >= 0.6 is 0 Å². The maximum Gasteiger partial charge on any atom is 0.253 e. The van der Waals surface area contributed by atoms with Crippen molar-refractivity contribution in [2.24, 2.45) is 5.92 Å². The maximum absolute atomic E-state index is 12.5. The van der Waals surface area contributed by atoms with Crippen LogP contribution in [0.4, 0.5) is 0 Å². The highest BCUT2D eigenvalue weighted by Crippen LogP contribution is 2.29. The molecule has 0 unspecified atom stereocenters. The molecule has 3 aliphatic rings. The van der Waals surface area contributed by atoms with E-state index in [0.29, 0.717) is 5.92 Å². The van der Waals surface area contributed by atoms with Gasteiger partial charge in [-0.15, -0.1) is 0 Å². The Labute approximate surface area is 181 Å². The van der Waals surface area contributed by atoms with E-state index in [4.69, 9.17) is 4.74 Å². The Hall–Kier alpha value is -2.07. The van der Waals surface area contributed by atoms with Crippen LogP contribution < -0.4 is 4.74 Å². The molecule has 4 rings (SSSR count). The summed E-state index contributed by atoms with van der Waals surface area (Å²) in [7, 11) is 0. The smallest absolute Gasteiger partial charge is 0.253 e. The lowest BCUT2D eigenvalue weighted by Crippen LogP contribution is -2.39. The van der Waals surface area contributed by atoms with Crippen molar-refractivity contribution in [3.63, 3.8) is 0 Å². The van der Waals surface area contributed by atoms with E-state index < -0.39 is 0 Å². The van der Waals surface area contributed by atoms with Crippen molar-refractivity contribution in [2.45, 2.75) is 58.0 Å². The van der Waals surface area contributed by atoms with Crippen molar-refractivity contribution in [1.82, 2.24) is 9.80 Å². The summed E-state index contributed by atoms with van der Waals surface area (Å²) in [5.41, 5.74) is 3.70. The van der Waals surface area contributed by atoms with Gasteiger partial charge in [0.25, 0.3) is 5.91 Å². The van der Waals surface area contributed by atoms with Crippen LogP contribution in [0.1, 0.15) is 62.2 Å². The third kappa shape index (κ3) is 5.34. The summed E-state index contributed by atoms with van der Waals surface area (Å²) in [5.74, 6) is 1.72. The Kier molecular flexibility index (Phi) is 6.93. The first-order chi connectivity index (χ1) is 14.6. The van der Waals surface area contributed by atoms with Crippen LogP contribution in [0.15, 0.2) is 48.1 Å². The number of carbonyl (C=O) groups is 1. The fourth-order valence-corrected chi connectivity index (χ4v) is 4.92. The van der Waals surface area contributed by atoms with Crippen molar-refractivity contribution >= 4 is 5.91 Å². The van der Waals surface area contributed by atoms with Gasteiger partial charge in [0, 0.05) is 38.3 Å². The monoisotopic (exact) mass is 408 g/mol. The zero-order valence-electron chi connectivity index (χ0n) is 18.4. The third-order valence-corrected chi connectivity index (χ3v) is 6.96. The second kappa shape index (κ2) is 9.82. The van der Waals surface area contributed by atoms with Crippen LogP contribution in [0, 0.1) is 5.92 Å². The van der Waals surface area contributed by atoms with Gasteiger partial charge in [0.1, 0.15) is 11.9 Å². The molecule has 1 aromatic carbocycles. The highest BCUT2D eigenvalue weighted by Gasteiger charge is 2.23. The summed E-state index contributed by atoms with van der Waals surface area (Å²) in [6, 6.07) is 7.75. The van der Waals surface area contributed by atoms with Crippen LogP contribution in [0.5, 0.6) is 5.75 Å². The van der Waals surface area contributed by atoms with Crippen molar-refractivity contribution in [1.29, 1.82) is 0 Å². The minimum absolute atomic E-state index is 0.152. The lowest BCUT2D eigenvalue weighted by Gasteiger charge is -2.34. The van der Waals surface area contributed by atoms with E-state index in [1.54, 1.807) is 5.57 Å². The van der Waals surface area contributed by atoms with Crippen LogP contribution in [0.2, 0.25) is 0 Å². The summed E-state index contributed by atoms with van der Waals surface area (Å²) >= 11 is 0. The van der Waals surface area contributed by atoms with Gasteiger partial charge in [-0.2, -0.15) is 0 Å². The van der Waals surface area contributed by atoms with Gasteiger partial charge in [0.15, 0.2) is 0 Å². The second-order valence-electron chi connectivity index (χ2n) is 9.30. The molecule has 0 saturated carbocycles. The first-order valence-electron chi connectivity index (χ1n) is 11.7. The van der Waals surface area contributed by atoms with Crippen molar-refractivity contribution in [2.75, 3.05) is 32.7 Å². The Morgan fingerprint density at radius 3 is 2.37 bits per heavy atom. The fraction of sp³-hybridized carbons (Fsp3) is 0.577. The number of rotatable bonds is 6. The van der Waals surface area contributed by atoms with Gasteiger partial charge >= 0.3 is 0 Å². The number of amides is 1. The van der Waals surface area contributed by atoms with Gasteiger partial charge in [-0.25, -0.2) is 0 Å². The number of hydrogen-bond acceptors (Lipinski definition) is 3. The molecule has 2 fully saturated rings. The van der Waals surface area contributed by atoms with E-state index in [1.807, 2.05) is 29.2 Å². The quantitative estimate of drug-likeness (QED) is 0.616. The average Bonchev–Trinajstić information content (AvgIpc) is 3.30.